The first-order chi connectivity index (χ1) is 11.6. The van der Waals surface area contributed by atoms with Crippen LogP contribution in [0.5, 0.6) is 11.5 Å². The molecule has 0 fully saturated rings. The van der Waals surface area contributed by atoms with Gasteiger partial charge < -0.3 is 14.8 Å². The lowest BCUT2D eigenvalue weighted by molar-refractivity contribution is 0.0925. The third-order valence-corrected chi connectivity index (χ3v) is 3.84. The van der Waals surface area contributed by atoms with Crippen molar-refractivity contribution in [3.05, 3.63) is 59.7 Å². The van der Waals surface area contributed by atoms with Gasteiger partial charge in [-0.15, -0.1) is 0 Å². The van der Waals surface area contributed by atoms with Crippen molar-refractivity contribution in [3.63, 3.8) is 0 Å². The predicted octanol–water partition coefficient (Wildman–Crippen LogP) is 4.22. The van der Waals surface area contributed by atoms with Gasteiger partial charge in [-0.25, -0.2) is 0 Å². The van der Waals surface area contributed by atoms with Gasteiger partial charge in [-0.2, -0.15) is 0 Å². The zero-order valence-electron chi connectivity index (χ0n) is 14.7. The van der Waals surface area contributed by atoms with Crippen LogP contribution in [0.15, 0.2) is 48.5 Å². The maximum atomic E-state index is 12.7. The summed E-state index contributed by atoms with van der Waals surface area (Å²) in [6, 6.07) is 15.2. The van der Waals surface area contributed by atoms with E-state index in [1.54, 1.807) is 25.3 Å². The molecule has 0 heterocycles. The summed E-state index contributed by atoms with van der Waals surface area (Å²) in [5, 5.41) is 3.12. The van der Waals surface area contributed by atoms with Crippen LogP contribution in [0, 0.1) is 5.92 Å². The van der Waals surface area contributed by atoms with Crippen LogP contribution in [-0.4, -0.2) is 19.6 Å². The second-order valence-electron chi connectivity index (χ2n) is 5.90. The van der Waals surface area contributed by atoms with Crippen molar-refractivity contribution in [3.8, 4) is 11.5 Å². The molecule has 2 aromatic carbocycles. The summed E-state index contributed by atoms with van der Waals surface area (Å²) in [7, 11) is 1.57. The average molecular weight is 327 g/mol. The highest BCUT2D eigenvalue weighted by molar-refractivity contribution is 5.95. The number of hydrogen-bond donors (Lipinski definition) is 1. The Kier molecular flexibility index (Phi) is 6.24. The molecule has 1 amide bonds. The minimum atomic E-state index is -0.126. The van der Waals surface area contributed by atoms with Crippen LogP contribution in [0.25, 0.3) is 0 Å². The molecule has 1 unspecified atom stereocenters. The Morgan fingerprint density at radius 2 is 1.79 bits per heavy atom. The van der Waals surface area contributed by atoms with Gasteiger partial charge >= 0.3 is 0 Å². The topological polar surface area (TPSA) is 47.6 Å². The molecule has 1 N–H and O–H groups in total. The highest BCUT2D eigenvalue weighted by Gasteiger charge is 2.20. The minimum absolute atomic E-state index is 0.0451. The summed E-state index contributed by atoms with van der Waals surface area (Å²) in [6.45, 7) is 6.64. The van der Waals surface area contributed by atoms with Crippen LogP contribution in [0.2, 0.25) is 0 Å². The van der Waals surface area contributed by atoms with Crippen molar-refractivity contribution in [2.24, 2.45) is 5.92 Å². The Balaban J connectivity index is 2.21. The van der Waals surface area contributed by atoms with Crippen LogP contribution < -0.4 is 14.8 Å². The Labute approximate surface area is 143 Å². The molecule has 0 aliphatic rings. The van der Waals surface area contributed by atoms with E-state index in [1.807, 2.05) is 37.3 Å². The van der Waals surface area contributed by atoms with Gasteiger partial charge in [0.05, 0.1) is 19.8 Å². The molecule has 2 aromatic rings. The van der Waals surface area contributed by atoms with E-state index < -0.39 is 0 Å². The Hall–Kier alpha value is -2.49. The van der Waals surface area contributed by atoms with Crippen LogP contribution in [0.1, 0.15) is 42.7 Å². The van der Waals surface area contributed by atoms with Crippen LogP contribution >= 0.6 is 0 Å². The maximum Gasteiger partial charge on any atom is 0.251 e. The standard InChI is InChI=1S/C20H25NO3/c1-5-24-17-12-11-16(13-18(17)23-4)20(22)21-19(14(2)3)15-9-7-6-8-10-15/h6-14,19H,5H2,1-4H3,(H,21,22). The van der Waals surface area contributed by atoms with E-state index in [-0.39, 0.29) is 17.9 Å². The molecule has 0 aliphatic heterocycles. The number of rotatable bonds is 7. The molecule has 0 radical (unpaired) electrons. The smallest absolute Gasteiger partial charge is 0.251 e. The van der Waals surface area contributed by atoms with Gasteiger partial charge in [-0.1, -0.05) is 44.2 Å². The van der Waals surface area contributed by atoms with Gasteiger partial charge in [0.15, 0.2) is 11.5 Å². The number of methoxy groups -OCH3 is 1. The molecule has 0 saturated carbocycles. The first-order valence-electron chi connectivity index (χ1n) is 8.23. The average Bonchev–Trinajstić information content (AvgIpc) is 2.60. The van der Waals surface area contributed by atoms with Gasteiger partial charge in [0.25, 0.3) is 5.91 Å². The lowest BCUT2D eigenvalue weighted by Crippen LogP contribution is -2.31. The molecular weight excluding hydrogens is 302 g/mol. The lowest BCUT2D eigenvalue weighted by Gasteiger charge is -2.23. The molecule has 4 heteroatoms. The molecule has 1 atom stereocenters. The number of ether oxygens (including phenoxy) is 2. The Bertz CT molecular complexity index is 668. The first kappa shape index (κ1) is 17.9. The lowest BCUT2D eigenvalue weighted by atomic mass is 9.95. The Morgan fingerprint density at radius 1 is 1.08 bits per heavy atom. The van der Waals surface area contributed by atoms with E-state index in [9.17, 15) is 4.79 Å². The molecule has 128 valence electrons. The predicted molar refractivity (Wildman–Crippen MR) is 95.7 cm³/mol. The molecule has 4 nitrogen and oxygen atoms in total. The largest absolute Gasteiger partial charge is 0.493 e. The highest BCUT2D eigenvalue weighted by atomic mass is 16.5. The van der Waals surface area contributed by atoms with E-state index in [0.29, 0.717) is 23.7 Å². The van der Waals surface area contributed by atoms with E-state index in [4.69, 9.17) is 9.47 Å². The number of hydrogen-bond acceptors (Lipinski definition) is 3. The summed E-state index contributed by atoms with van der Waals surface area (Å²) < 4.78 is 10.8. The first-order valence-corrected chi connectivity index (χ1v) is 8.23. The van der Waals surface area contributed by atoms with E-state index in [0.717, 1.165) is 5.56 Å². The normalized spacial score (nSPS) is 11.9. The van der Waals surface area contributed by atoms with Gasteiger partial charge in [-0.05, 0) is 36.6 Å². The van der Waals surface area contributed by atoms with Gasteiger partial charge in [0.2, 0.25) is 0 Å². The van der Waals surface area contributed by atoms with Crippen molar-refractivity contribution in [2.45, 2.75) is 26.8 Å². The van der Waals surface area contributed by atoms with E-state index in [2.05, 4.69) is 19.2 Å². The zero-order valence-corrected chi connectivity index (χ0v) is 14.7. The highest BCUT2D eigenvalue weighted by Crippen LogP contribution is 2.29. The number of nitrogens with one attached hydrogen (secondary N) is 1. The fourth-order valence-corrected chi connectivity index (χ4v) is 2.60. The summed E-state index contributed by atoms with van der Waals surface area (Å²) in [5.41, 5.74) is 1.65. The van der Waals surface area contributed by atoms with Crippen molar-refractivity contribution in [1.29, 1.82) is 0 Å². The van der Waals surface area contributed by atoms with Crippen LogP contribution in [0.3, 0.4) is 0 Å². The molecular formula is C20H25NO3. The van der Waals surface area contributed by atoms with Crippen molar-refractivity contribution >= 4 is 5.91 Å². The zero-order chi connectivity index (χ0) is 17.5. The summed E-state index contributed by atoms with van der Waals surface area (Å²) in [4.78, 5) is 12.7. The van der Waals surface area contributed by atoms with E-state index in [1.165, 1.54) is 0 Å². The third kappa shape index (κ3) is 4.28. The second kappa shape index (κ2) is 8.39. The van der Waals surface area contributed by atoms with Gasteiger partial charge in [0.1, 0.15) is 0 Å². The quantitative estimate of drug-likeness (QED) is 0.828. The minimum Gasteiger partial charge on any atom is -0.493 e. The molecule has 0 aromatic heterocycles. The van der Waals surface area contributed by atoms with Crippen molar-refractivity contribution < 1.29 is 14.3 Å². The number of benzene rings is 2. The number of carbonyl (C=O) groups is 1. The van der Waals surface area contributed by atoms with Gasteiger partial charge in [0, 0.05) is 5.56 Å². The second-order valence-corrected chi connectivity index (χ2v) is 5.90. The fraction of sp³-hybridized carbons (Fsp3) is 0.350. The SMILES string of the molecule is CCOc1ccc(C(=O)NC(c2ccccc2)C(C)C)cc1OC. The fourth-order valence-electron chi connectivity index (χ4n) is 2.60. The molecule has 24 heavy (non-hydrogen) atoms. The van der Waals surface area contributed by atoms with Gasteiger partial charge in [-0.3, -0.25) is 4.79 Å². The molecule has 0 spiro atoms. The third-order valence-electron chi connectivity index (χ3n) is 3.84. The molecule has 2 rings (SSSR count). The summed E-state index contributed by atoms with van der Waals surface area (Å²) in [6.07, 6.45) is 0. The van der Waals surface area contributed by atoms with Crippen molar-refractivity contribution in [1.82, 2.24) is 5.32 Å². The maximum absolute atomic E-state index is 12.7. The summed E-state index contributed by atoms with van der Waals surface area (Å²) in [5.74, 6) is 1.35. The number of carbonyl (C=O) groups excluding carboxylic acids is 1. The van der Waals surface area contributed by atoms with Crippen LogP contribution in [-0.2, 0) is 0 Å². The summed E-state index contributed by atoms with van der Waals surface area (Å²) >= 11 is 0. The molecule has 0 aliphatic carbocycles. The molecule has 0 bridgehead atoms. The van der Waals surface area contributed by atoms with E-state index >= 15 is 0 Å². The Morgan fingerprint density at radius 3 is 2.38 bits per heavy atom. The van der Waals surface area contributed by atoms with Crippen LogP contribution in [0.4, 0.5) is 0 Å². The monoisotopic (exact) mass is 327 g/mol. The molecule has 0 saturated heterocycles. The number of amides is 1. The van der Waals surface area contributed by atoms with Crippen molar-refractivity contribution in [2.75, 3.05) is 13.7 Å².